The van der Waals surface area contributed by atoms with Crippen LogP contribution in [0.2, 0.25) is 0 Å². The van der Waals surface area contributed by atoms with Crippen molar-refractivity contribution in [2.75, 3.05) is 6.54 Å². The number of rotatable bonds is 6. The third kappa shape index (κ3) is 4.96. The van der Waals surface area contributed by atoms with Crippen molar-refractivity contribution in [1.82, 2.24) is 15.2 Å². The largest absolute Gasteiger partial charge is 0.352 e. The van der Waals surface area contributed by atoms with Crippen LogP contribution in [0.1, 0.15) is 54.1 Å². The number of carbonyl (C=O) groups excluding carboxylic acids is 1. The second-order valence-electron chi connectivity index (χ2n) is 8.86. The molecular weight excluding hydrogens is 382 g/mol. The van der Waals surface area contributed by atoms with E-state index in [9.17, 15) is 4.79 Å². The number of aryl methyl sites for hydroxylation is 2. The Morgan fingerprint density at radius 3 is 2.61 bits per heavy atom. The maximum Gasteiger partial charge on any atom is 0.224 e. The molecule has 1 N–H and O–H groups in total. The lowest BCUT2D eigenvalue weighted by atomic mass is 9.99. The summed E-state index contributed by atoms with van der Waals surface area (Å²) < 4.78 is 0. The number of benzene rings is 2. The lowest BCUT2D eigenvalue weighted by Crippen LogP contribution is -2.37. The number of aromatic nitrogens is 1. The molecule has 4 nitrogen and oxygen atoms in total. The zero-order valence-electron chi connectivity index (χ0n) is 18.9. The van der Waals surface area contributed by atoms with Crippen molar-refractivity contribution in [3.05, 3.63) is 76.5 Å². The van der Waals surface area contributed by atoms with Gasteiger partial charge in [-0.3, -0.25) is 14.7 Å². The fourth-order valence-electron chi connectivity index (χ4n) is 4.74. The normalized spacial score (nSPS) is 17.1. The highest BCUT2D eigenvalue weighted by Crippen LogP contribution is 2.23. The molecule has 162 valence electrons. The number of likely N-dealkylation sites (tertiary alicyclic amines) is 1. The van der Waals surface area contributed by atoms with Crippen molar-refractivity contribution in [2.24, 2.45) is 0 Å². The number of hydrogen-bond acceptors (Lipinski definition) is 3. The summed E-state index contributed by atoms with van der Waals surface area (Å²) >= 11 is 0. The summed E-state index contributed by atoms with van der Waals surface area (Å²) in [5.41, 5.74) is 6.63. The first-order valence-corrected chi connectivity index (χ1v) is 11.5. The number of amides is 1. The molecule has 0 saturated carbocycles. The van der Waals surface area contributed by atoms with Gasteiger partial charge in [-0.05, 0) is 68.5 Å². The van der Waals surface area contributed by atoms with Crippen LogP contribution in [0.15, 0.2) is 48.5 Å². The molecule has 2 heterocycles. The Bertz CT molecular complexity index is 1080. The van der Waals surface area contributed by atoms with Gasteiger partial charge in [-0.1, -0.05) is 48.9 Å². The van der Waals surface area contributed by atoms with E-state index >= 15 is 0 Å². The predicted molar refractivity (Wildman–Crippen MR) is 127 cm³/mol. The van der Waals surface area contributed by atoms with E-state index in [0.717, 1.165) is 40.8 Å². The summed E-state index contributed by atoms with van der Waals surface area (Å²) in [6, 6.07) is 17.3. The maximum absolute atomic E-state index is 12.8. The van der Waals surface area contributed by atoms with Crippen molar-refractivity contribution < 1.29 is 4.79 Å². The van der Waals surface area contributed by atoms with Crippen molar-refractivity contribution in [3.63, 3.8) is 0 Å². The molecule has 31 heavy (non-hydrogen) atoms. The van der Waals surface area contributed by atoms with Crippen LogP contribution < -0.4 is 5.32 Å². The molecule has 1 aliphatic heterocycles. The van der Waals surface area contributed by atoms with Crippen LogP contribution in [-0.2, 0) is 24.3 Å². The summed E-state index contributed by atoms with van der Waals surface area (Å²) in [5, 5.41) is 4.28. The Morgan fingerprint density at radius 2 is 1.81 bits per heavy atom. The Morgan fingerprint density at radius 1 is 1.06 bits per heavy atom. The van der Waals surface area contributed by atoms with E-state index in [4.69, 9.17) is 4.98 Å². The molecule has 1 aliphatic rings. The number of fused-ring (bicyclic) bond motifs is 1. The fourth-order valence-corrected chi connectivity index (χ4v) is 4.74. The van der Waals surface area contributed by atoms with Gasteiger partial charge in [0.05, 0.1) is 11.9 Å². The molecule has 4 rings (SSSR count). The number of nitrogens with zero attached hydrogens (tertiary/aromatic N) is 2. The van der Waals surface area contributed by atoms with E-state index in [0.29, 0.717) is 19.0 Å². The quantitative estimate of drug-likeness (QED) is 0.610. The molecule has 1 fully saturated rings. The Kier molecular flexibility index (Phi) is 6.67. The Balaban J connectivity index is 1.43. The summed E-state index contributed by atoms with van der Waals surface area (Å²) in [6.07, 6.45) is 4.25. The predicted octanol–water partition coefficient (Wildman–Crippen LogP) is 5.08. The molecule has 0 bridgehead atoms. The summed E-state index contributed by atoms with van der Waals surface area (Å²) in [5.74, 6) is 0.0458. The molecule has 2 aromatic carbocycles. The standard InChI is InChI=1S/C27H33N3O/c1-19-10-8-9-15-30(19)18-23-12-5-4-11-22(23)17-28-27(31)16-25-20(2)24-13-6-7-14-26(24)29-21(25)3/h4-7,11-14,19H,8-10,15-18H2,1-3H3,(H,28,31). The highest BCUT2D eigenvalue weighted by molar-refractivity contribution is 5.86. The average Bonchev–Trinajstić information content (AvgIpc) is 2.77. The van der Waals surface area contributed by atoms with Gasteiger partial charge < -0.3 is 5.32 Å². The minimum Gasteiger partial charge on any atom is -0.352 e. The van der Waals surface area contributed by atoms with Gasteiger partial charge in [-0.25, -0.2) is 0 Å². The summed E-state index contributed by atoms with van der Waals surface area (Å²) in [6.45, 7) is 9.10. The maximum atomic E-state index is 12.8. The van der Waals surface area contributed by atoms with Gasteiger partial charge in [0.25, 0.3) is 0 Å². The molecule has 1 unspecified atom stereocenters. The summed E-state index contributed by atoms with van der Waals surface area (Å²) in [7, 11) is 0. The minimum absolute atomic E-state index is 0.0458. The first-order valence-electron chi connectivity index (χ1n) is 11.5. The molecule has 1 amide bonds. The molecular formula is C27H33N3O. The van der Waals surface area contributed by atoms with E-state index in [1.807, 2.05) is 25.1 Å². The number of nitrogens with one attached hydrogen (secondary N) is 1. The van der Waals surface area contributed by atoms with Crippen LogP contribution in [0.25, 0.3) is 10.9 Å². The van der Waals surface area contributed by atoms with Crippen molar-refractivity contribution in [1.29, 1.82) is 0 Å². The van der Waals surface area contributed by atoms with E-state index in [2.05, 4.69) is 54.4 Å². The van der Waals surface area contributed by atoms with Crippen molar-refractivity contribution in [3.8, 4) is 0 Å². The van der Waals surface area contributed by atoms with Crippen LogP contribution in [0.5, 0.6) is 0 Å². The van der Waals surface area contributed by atoms with Crippen LogP contribution in [-0.4, -0.2) is 28.4 Å². The molecule has 1 atom stereocenters. The molecule has 3 aromatic rings. The lowest BCUT2D eigenvalue weighted by molar-refractivity contribution is -0.120. The molecule has 1 saturated heterocycles. The third-order valence-corrected chi connectivity index (χ3v) is 6.73. The van der Waals surface area contributed by atoms with Crippen LogP contribution in [0.3, 0.4) is 0 Å². The van der Waals surface area contributed by atoms with Gasteiger partial charge in [0.2, 0.25) is 5.91 Å². The fraction of sp³-hybridized carbons (Fsp3) is 0.407. The summed E-state index contributed by atoms with van der Waals surface area (Å²) in [4.78, 5) is 20.1. The van der Waals surface area contributed by atoms with Crippen LogP contribution in [0.4, 0.5) is 0 Å². The number of piperidine rings is 1. The smallest absolute Gasteiger partial charge is 0.224 e. The Labute approximate surface area is 185 Å². The van der Waals surface area contributed by atoms with Gasteiger partial charge in [-0.15, -0.1) is 0 Å². The first kappa shape index (κ1) is 21.5. The number of hydrogen-bond donors (Lipinski definition) is 1. The minimum atomic E-state index is 0.0458. The van der Waals surface area contributed by atoms with Crippen LogP contribution >= 0.6 is 0 Å². The zero-order chi connectivity index (χ0) is 21.8. The molecule has 0 spiro atoms. The van der Waals surface area contributed by atoms with Gasteiger partial charge >= 0.3 is 0 Å². The topological polar surface area (TPSA) is 45.2 Å². The van der Waals surface area contributed by atoms with Gasteiger partial charge in [0, 0.05) is 30.2 Å². The molecule has 4 heteroatoms. The van der Waals surface area contributed by atoms with Crippen molar-refractivity contribution in [2.45, 2.75) is 65.6 Å². The number of para-hydroxylation sites is 1. The second kappa shape index (κ2) is 9.61. The number of carbonyl (C=O) groups is 1. The monoisotopic (exact) mass is 415 g/mol. The Hall–Kier alpha value is -2.72. The van der Waals surface area contributed by atoms with Gasteiger partial charge in [-0.2, -0.15) is 0 Å². The molecule has 1 aromatic heterocycles. The lowest BCUT2D eigenvalue weighted by Gasteiger charge is -2.33. The van der Waals surface area contributed by atoms with Gasteiger partial charge in [0.1, 0.15) is 0 Å². The van der Waals surface area contributed by atoms with E-state index in [1.165, 1.54) is 30.4 Å². The van der Waals surface area contributed by atoms with E-state index < -0.39 is 0 Å². The van der Waals surface area contributed by atoms with Crippen LogP contribution in [0, 0.1) is 13.8 Å². The average molecular weight is 416 g/mol. The zero-order valence-corrected chi connectivity index (χ0v) is 18.9. The van der Waals surface area contributed by atoms with Crippen molar-refractivity contribution >= 4 is 16.8 Å². The van der Waals surface area contributed by atoms with E-state index in [-0.39, 0.29) is 5.91 Å². The first-order chi connectivity index (χ1) is 15.0. The molecule has 0 radical (unpaired) electrons. The highest BCUT2D eigenvalue weighted by Gasteiger charge is 2.19. The van der Waals surface area contributed by atoms with Gasteiger partial charge in [0.15, 0.2) is 0 Å². The SMILES string of the molecule is Cc1nc2ccccc2c(C)c1CC(=O)NCc1ccccc1CN1CCCCC1C. The number of pyridine rings is 1. The third-order valence-electron chi connectivity index (χ3n) is 6.73. The highest BCUT2D eigenvalue weighted by atomic mass is 16.1. The second-order valence-corrected chi connectivity index (χ2v) is 8.86. The van der Waals surface area contributed by atoms with E-state index in [1.54, 1.807) is 0 Å². The molecule has 0 aliphatic carbocycles.